The maximum Gasteiger partial charge on any atom is 0.238 e. The number of allylic oxidation sites excluding steroid dienone is 5. The molecule has 0 radical (unpaired) electrons. The van der Waals surface area contributed by atoms with Gasteiger partial charge in [0.2, 0.25) is 5.76 Å². The summed E-state index contributed by atoms with van der Waals surface area (Å²) in [5, 5.41) is 0.833. The second kappa shape index (κ2) is 5.40. The molecule has 0 atom stereocenters. The van der Waals surface area contributed by atoms with Crippen molar-refractivity contribution >= 4 is 16.9 Å². The molecule has 2 aromatic heterocycles. The Morgan fingerprint density at radius 3 is 2.78 bits per heavy atom. The zero-order valence-electron chi connectivity index (χ0n) is 12.2. The van der Waals surface area contributed by atoms with E-state index in [1.54, 1.807) is 0 Å². The van der Waals surface area contributed by atoms with Crippen molar-refractivity contribution in [2.45, 2.75) is 0 Å². The molecular formula is C18H13N4O+. The monoisotopic (exact) mass is 301 g/mol. The van der Waals surface area contributed by atoms with Crippen molar-refractivity contribution in [2.24, 2.45) is 0 Å². The first-order chi connectivity index (χ1) is 11.3. The van der Waals surface area contributed by atoms with Crippen LogP contribution in [0.15, 0.2) is 66.9 Å². The second-order valence-corrected chi connectivity index (χ2v) is 5.05. The highest BCUT2D eigenvalue weighted by Gasteiger charge is 2.11. The summed E-state index contributed by atoms with van der Waals surface area (Å²) < 4.78 is 5.78. The lowest BCUT2D eigenvalue weighted by Crippen LogP contribution is -1.94. The van der Waals surface area contributed by atoms with Crippen molar-refractivity contribution in [3.05, 3.63) is 72.9 Å². The predicted octanol–water partition coefficient (Wildman–Crippen LogP) is 3.40. The van der Waals surface area contributed by atoms with Crippen LogP contribution in [0.1, 0.15) is 0 Å². The van der Waals surface area contributed by atoms with Crippen LogP contribution in [0, 0.1) is 6.08 Å². The Balaban J connectivity index is 1.66. The lowest BCUT2D eigenvalue weighted by molar-refractivity contribution is 0.444. The van der Waals surface area contributed by atoms with Gasteiger partial charge in [0.25, 0.3) is 0 Å². The summed E-state index contributed by atoms with van der Waals surface area (Å²) in [6.45, 7) is 0. The van der Waals surface area contributed by atoms with Gasteiger partial charge in [-0.25, -0.2) is 9.97 Å². The van der Waals surface area contributed by atoms with Gasteiger partial charge in [-0.15, -0.1) is 0 Å². The Hall–Kier alpha value is -3.43. The highest BCUT2D eigenvalue weighted by atomic mass is 16.5. The Kier molecular flexibility index (Phi) is 3.11. The van der Waals surface area contributed by atoms with Crippen molar-refractivity contribution in [3.63, 3.8) is 0 Å². The minimum absolute atomic E-state index is 0.465. The van der Waals surface area contributed by atoms with Gasteiger partial charge in [0, 0.05) is 17.8 Å². The Morgan fingerprint density at radius 1 is 1.13 bits per heavy atom. The van der Waals surface area contributed by atoms with Gasteiger partial charge in [-0.1, -0.05) is 12.1 Å². The van der Waals surface area contributed by atoms with Crippen molar-refractivity contribution in [3.8, 4) is 16.9 Å². The summed E-state index contributed by atoms with van der Waals surface area (Å²) in [7, 11) is 0. The van der Waals surface area contributed by atoms with Gasteiger partial charge >= 0.3 is 0 Å². The van der Waals surface area contributed by atoms with Crippen LogP contribution in [-0.4, -0.2) is 15.0 Å². The van der Waals surface area contributed by atoms with Crippen LogP contribution >= 0.6 is 0 Å². The fourth-order valence-electron chi connectivity index (χ4n) is 2.49. The standard InChI is InChI=1S/C18H13N4O/c19-17-16-15(10-20-18(16)22-11-21-17)12-6-8-14(9-7-12)23-13-4-2-1-3-5-13/h2-11H,(H3,19,20,21,22)/q+1. The number of nitrogens with zero attached hydrogens (tertiary/aromatic N) is 2. The molecule has 0 aliphatic heterocycles. The fourth-order valence-corrected chi connectivity index (χ4v) is 2.49. The molecule has 0 spiro atoms. The number of hydrogen-bond acceptors (Lipinski definition) is 4. The number of benzene rings is 1. The quantitative estimate of drug-likeness (QED) is 0.727. The Morgan fingerprint density at radius 2 is 2.00 bits per heavy atom. The van der Waals surface area contributed by atoms with E-state index < -0.39 is 0 Å². The van der Waals surface area contributed by atoms with Gasteiger partial charge in [0.1, 0.15) is 35.7 Å². The molecule has 5 nitrogen and oxygen atoms in total. The molecule has 110 valence electrons. The van der Waals surface area contributed by atoms with Gasteiger partial charge in [0.05, 0.1) is 17.5 Å². The molecule has 23 heavy (non-hydrogen) atoms. The average molecular weight is 301 g/mol. The van der Waals surface area contributed by atoms with E-state index >= 15 is 0 Å². The molecule has 3 N–H and O–H groups in total. The third-order valence-electron chi connectivity index (χ3n) is 3.59. The summed E-state index contributed by atoms with van der Waals surface area (Å²) in [5.74, 6) is 2.01. The summed E-state index contributed by atoms with van der Waals surface area (Å²) >= 11 is 0. The van der Waals surface area contributed by atoms with E-state index in [0.29, 0.717) is 5.82 Å². The van der Waals surface area contributed by atoms with Crippen molar-refractivity contribution in [2.75, 3.05) is 5.73 Å². The summed E-state index contributed by atoms with van der Waals surface area (Å²) in [6, 6.07) is 7.81. The zero-order valence-corrected chi connectivity index (χ0v) is 12.2. The molecule has 4 rings (SSSR count). The van der Waals surface area contributed by atoms with Crippen LogP contribution in [0.4, 0.5) is 5.82 Å². The number of anilines is 1. The molecular weight excluding hydrogens is 288 g/mol. The predicted molar refractivity (Wildman–Crippen MR) is 89.4 cm³/mol. The summed E-state index contributed by atoms with van der Waals surface area (Å²) in [4.78, 5) is 11.4. The number of ether oxygens (including phenoxy) is 1. The van der Waals surface area contributed by atoms with E-state index in [2.05, 4.69) is 21.0 Å². The number of hydrogen-bond donors (Lipinski definition) is 2. The van der Waals surface area contributed by atoms with E-state index in [4.69, 9.17) is 10.5 Å². The van der Waals surface area contributed by atoms with E-state index in [1.165, 1.54) is 6.33 Å². The number of nitrogens with one attached hydrogen (secondary N) is 1. The Labute approximate surface area is 132 Å². The fraction of sp³-hybridized carbons (Fsp3) is 0. The van der Waals surface area contributed by atoms with Gasteiger partial charge in [0.15, 0.2) is 0 Å². The third-order valence-corrected chi connectivity index (χ3v) is 3.59. The molecule has 1 aliphatic carbocycles. The van der Waals surface area contributed by atoms with E-state index in [9.17, 15) is 0 Å². The van der Waals surface area contributed by atoms with Crippen molar-refractivity contribution < 1.29 is 4.74 Å². The molecule has 0 saturated heterocycles. The first kappa shape index (κ1) is 13.2. The summed E-state index contributed by atoms with van der Waals surface area (Å²) in [5.41, 5.74) is 8.69. The molecule has 2 heterocycles. The lowest BCUT2D eigenvalue weighted by atomic mass is 10.1. The maximum atomic E-state index is 5.97. The minimum atomic E-state index is 0.465. The molecule has 0 fully saturated rings. The second-order valence-electron chi connectivity index (χ2n) is 5.05. The maximum absolute atomic E-state index is 5.97. The van der Waals surface area contributed by atoms with E-state index in [1.807, 2.05) is 54.8 Å². The normalized spacial score (nSPS) is 13.0. The average Bonchev–Trinajstić information content (AvgIpc) is 3.02. The van der Waals surface area contributed by atoms with Gasteiger partial charge in [-0.3, -0.25) is 0 Å². The number of aromatic amines is 1. The topological polar surface area (TPSA) is 76.8 Å². The first-order valence-corrected chi connectivity index (χ1v) is 7.13. The van der Waals surface area contributed by atoms with Crippen molar-refractivity contribution in [1.29, 1.82) is 0 Å². The van der Waals surface area contributed by atoms with Crippen LogP contribution in [0.25, 0.3) is 22.2 Å². The van der Waals surface area contributed by atoms with E-state index in [-0.39, 0.29) is 0 Å². The number of H-pyrrole nitrogens is 1. The Bertz CT molecular complexity index is 949. The highest BCUT2D eigenvalue weighted by molar-refractivity contribution is 6.00. The van der Waals surface area contributed by atoms with E-state index in [0.717, 1.165) is 33.7 Å². The number of rotatable bonds is 3. The van der Waals surface area contributed by atoms with Crippen LogP contribution in [0.5, 0.6) is 5.75 Å². The minimum Gasteiger partial charge on any atom is -0.433 e. The van der Waals surface area contributed by atoms with Gasteiger partial charge in [-0.2, -0.15) is 0 Å². The van der Waals surface area contributed by atoms with Crippen LogP contribution in [0.3, 0.4) is 0 Å². The highest BCUT2D eigenvalue weighted by Crippen LogP contribution is 2.31. The molecule has 3 aromatic rings. The van der Waals surface area contributed by atoms with Crippen molar-refractivity contribution in [1.82, 2.24) is 15.0 Å². The molecule has 5 heteroatoms. The third kappa shape index (κ3) is 2.46. The van der Waals surface area contributed by atoms with Crippen LogP contribution < -0.4 is 10.5 Å². The smallest absolute Gasteiger partial charge is 0.238 e. The van der Waals surface area contributed by atoms with Gasteiger partial charge in [-0.05, 0) is 17.7 Å². The van der Waals surface area contributed by atoms with Crippen LogP contribution in [-0.2, 0) is 0 Å². The lowest BCUT2D eigenvalue weighted by Gasteiger charge is -2.05. The molecule has 1 aromatic carbocycles. The molecule has 0 bridgehead atoms. The molecule has 1 aliphatic rings. The molecule has 0 unspecified atom stereocenters. The first-order valence-electron chi connectivity index (χ1n) is 7.13. The molecule has 0 amide bonds. The zero-order chi connectivity index (χ0) is 15.6. The van der Waals surface area contributed by atoms with Crippen LogP contribution in [0.2, 0.25) is 0 Å². The molecule has 0 saturated carbocycles. The number of nitrogens with two attached hydrogens (primary N) is 1. The number of aromatic nitrogens is 3. The number of nitrogen functional groups attached to an aromatic ring is 1. The number of fused-ring (bicyclic) bond motifs is 1. The van der Waals surface area contributed by atoms with Gasteiger partial charge < -0.3 is 15.5 Å². The SMILES string of the molecule is Nc1ncnc2[nH]cc(-c3ccc(OC4=CC=[C+]C=C4)cc3)c12. The largest absolute Gasteiger partial charge is 0.433 e. The summed E-state index contributed by atoms with van der Waals surface area (Å²) in [6.07, 6.45) is 13.7.